The van der Waals surface area contributed by atoms with Crippen LogP contribution in [0.3, 0.4) is 0 Å². The molecule has 132 valence electrons. The fraction of sp³-hybridized carbons (Fsp3) is 0.316. The van der Waals surface area contributed by atoms with Gasteiger partial charge in [-0.1, -0.05) is 23.7 Å². The lowest BCUT2D eigenvalue weighted by molar-refractivity contribution is 0.0695. The SMILES string of the molecule is COc1ccc2c(c1)[C@@H](NC(=S)Nc1ccccc1Cl)CC(C)(C)O2. The van der Waals surface area contributed by atoms with Gasteiger partial charge in [0.1, 0.15) is 17.1 Å². The minimum atomic E-state index is -0.292. The van der Waals surface area contributed by atoms with Crippen LogP contribution in [-0.4, -0.2) is 17.8 Å². The smallest absolute Gasteiger partial charge is 0.171 e. The summed E-state index contributed by atoms with van der Waals surface area (Å²) in [7, 11) is 1.65. The first-order valence-corrected chi connectivity index (χ1v) is 8.85. The zero-order valence-corrected chi connectivity index (χ0v) is 16.0. The van der Waals surface area contributed by atoms with Gasteiger partial charge in [-0.15, -0.1) is 0 Å². The van der Waals surface area contributed by atoms with Crippen LogP contribution in [0.25, 0.3) is 0 Å². The molecule has 2 aromatic rings. The average molecular weight is 377 g/mol. The van der Waals surface area contributed by atoms with Crippen LogP contribution < -0.4 is 20.1 Å². The number of nitrogens with one attached hydrogen (secondary N) is 2. The largest absolute Gasteiger partial charge is 0.497 e. The minimum Gasteiger partial charge on any atom is -0.497 e. The molecule has 0 aromatic heterocycles. The van der Waals surface area contributed by atoms with Crippen molar-refractivity contribution in [2.75, 3.05) is 12.4 Å². The molecule has 25 heavy (non-hydrogen) atoms. The van der Waals surface area contributed by atoms with Gasteiger partial charge in [0.25, 0.3) is 0 Å². The van der Waals surface area contributed by atoms with Crippen molar-refractivity contribution in [3.63, 3.8) is 0 Å². The van der Waals surface area contributed by atoms with Crippen molar-refractivity contribution in [2.24, 2.45) is 0 Å². The van der Waals surface area contributed by atoms with Crippen molar-refractivity contribution >= 4 is 34.6 Å². The molecule has 1 aliphatic heterocycles. The fourth-order valence-corrected chi connectivity index (χ4v) is 3.40. The topological polar surface area (TPSA) is 42.5 Å². The molecule has 1 aliphatic rings. The van der Waals surface area contributed by atoms with Gasteiger partial charge in [-0.2, -0.15) is 0 Å². The van der Waals surface area contributed by atoms with Crippen molar-refractivity contribution in [3.05, 3.63) is 53.1 Å². The fourth-order valence-electron chi connectivity index (χ4n) is 2.97. The van der Waals surface area contributed by atoms with Gasteiger partial charge in [0, 0.05) is 12.0 Å². The molecule has 2 aromatic carbocycles. The third-order valence-electron chi connectivity index (χ3n) is 4.10. The summed E-state index contributed by atoms with van der Waals surface area (Å²) in [5.41, 5.74) is 1.51. The van der Waals surface area contributed by atoms with Gasteiger partial charge in [-0.05, 0) is 56.4 Å². The predicted molar refractivity (Wildman–Crippen MR) is 106 cm³/mol. The second kappa shape index (κ2) is 7.10. The summed E-state index contributed by atoms with van der Waals surface area (Å²) < 4.78 is 11.4. The van der Waals surface area contributed by atoms with E-state index in [4.69, 9.17) is 33.3 Å². The third kappa shape index (κ3) is 4.17. The molecular formula is C19H21ClN2O2S. The van der Waals surface area contributed by atoms with Crippen molar-refractivity contribution < 1.29 is 9.47 Å². The quantitative estimate of drug-likeness (QED) is 0.743. The number of methoxy groups -OCH3 is 1. The third-order valence-corrected chi connectivity index (χ3v) is 4.65. The number of fused-ring (bicyclic) bond motifs is 1. The van der Waals surface area contributed by atoms with Gasteiger partial charge in [-0.25, -0.2) is 0 Å². The Hall–Kier alpha value is -1.98. The molecule has 1 atom stereocenters. The molecule has 0 amide bonds. The van der Waals surface area contributed by atoms with E-state index < -0.39 is 0 Å². The van der Waals surface area contributed by atoms with Crippen molar-refractivity contribution in [3.8, 4) is 11.5 Å². The summed E-state index contributed by atoms with van der Waals surface area (Å²) in [5, 5.41) is 7.69. The van der Waals surface area contributed by atoms with E-state index in [1.54, 1.807) is 7.11 Å². The Kier molecular flexibility index (Phi) is 5.06. The maximum Gasteiger partial charge on any atom is 0.171 e. The number of rotatable bonds is 3. The molecule has 0 saturated carbocycles. The molecule has 0 fully saturated rings. The van der Waals surface area contributed by atoms with E-state index in [0.29, 0.717) is 10.1 Å². The molecular weight excluding hydrogens is 356 g/mol. The van der Waals surface area contributed by atoms with Crippen LogP contribution in [0.4, 0.5) is 5.69 Å². The summed E-state index contributed by atoms with van der Waals surface area (Å²) in [6.45, 7) is 4.14. The number of halogens is 1. The summed E-state index contributed by atoms with van der Waals surface area (Å²) in [6.07, 6.45) is 0.775. The van der Waals surface area contributed by atoms with Crippen LogP contribution >= 0.6 is 23.8 Å². The zero-order valence-electron chi connectivity index (χ0n) is 14.4. The van der Waals surface area contributed by atoms with Gasteiger partial charge in [0.15, 0.2) is 5.11 Å². The summed E-state index contributed by atoms with van der Waals surface area (Å²) in [4.78, 5) is 0. The maximum absolute atomic E-state index is 6.19. The molecule has 2 N–H and O–H groups in total. The highest BCUT2D eigenvalue weighted by Gasteiger charge is 2.34. The van der Waals surface area contributed by atoms with Crippen molar-refractivity contribution in [2.45, 2.75) is 31.9 Å². The highest BCUT2D eigenvalue weighted by atomic mass is 35.5. The molecule has 1 heterocycles. The summed E-state index contributed by atoms with van der Waals surface area (Å²) in [6, 6.07) is 13.3. The van der Waals surface area contributed by atoms with Crippen LogP contribution in [0.5, 0.6) is 11.5 Å². The highest BCUT2D eigenvalue weighted by Crippen LogP contribution is 2.41. The normalized spacial score (nSPS) is 17.8. The van der Waals surface area contributed by atoms with E-state index in [9.17, 15) is 0 Å². The van der Waals surface area contributed by atoms with Crippen LogP contribution in [-0.2, 0) is 0 Å². The average Bonchev–Trinajstić information content (AvgIpc) is 2.55. The van der Waals surface area contributed by atoms with Crippen LogP contribution in [0.2, 0.25) is 5.02 Å². The Morgan fingerprint density at radius 3 is 2.76 bits per heavy atom. The van der Waals surface area contributed by atoms with Crippen molar-refractivity contribution in [1.82, 2.24) is 5.32 Å². The maximum atomic E-state index is 6.19. The first-order chi connectivity index (χ1) is 11.9. The monoisotopic (exact) mass is 376 g/mol. The molecule has 0 radical (unpaired) electrons. The number of para-hydroxylation sites is 1. The Morgan fingerprint density at radius 1 is 1.28 bits per heavy atom. The van der Waals surface area contributed by atoms with Gasteiger partial charge >= 0.3 is 0 Å². The molecule has 0 bridgehead atoms. The second-order valence-corrected chi connectivity index (χ2v) is 7.42. The first kappa shape index (κ1) is 17.8. The molecule has 0 saturated heterocycles. The molecule has 3 rings (SSSR count). The van der Waals surface area contributed by atoms with Gasteiger partial charge < -0.3 is 20.1 Å². The van der Waals surface area contributed by atoms with Crippen LogP contribution in [0, 0.1) is 0 Å². The minimum absolute atomic E-state index is 0.0105. The van der Waals surface area contributed by atoms with Crippen LogP contribution in [0.1, 0.15) is 31.9 Å². The number of anilines is 1. The number of ether oxygens (including phenoxy) is 2. The Labute approximate surface area is 158 Å². The Morgan fingerprint density at radius 2 is 2.04 bits per heavy atom. The lowest BCUT2D eigenvalue weighted by atomic mass is 9.89. The van der Waals surface area contributed by atoms with E-state index in [-0.39, 0.29) is 11.6 Å². The van der Waals surface area contributed by atoms with Gasteiger partial charge in [0.05, 0.1) is 23.9 Å². The number of benzene rings is 2. The van der Waals surface area contributed by atoms with E-state index >= 15 is 0 Å². The van der Waals surface area contributed by atoms with E-state index in [0.717, 1.165) is 29.2 Å². The molecule has 0 spiro atoms. The molecule has 6 heteroatoms. The lowest BCUT2D eigenvalue weighted by Gasteiger charge is -2.38. The van der Waals surface area contributed by atoms with Crippen LogP contribution in [0.15, 0.2) is 42.5 Å². The Bertz CT molecular complexity index is 795. The molecule has 0 aliphatic carbocycles. The number of hydrogen-bond acceptors (Lipinski definition) is 3. The predicted octanol–water partition coefficient (Wildman–Crippen LogP) is 4.94. The van der Waals surface area contributed by atoms with Gasteiger partial charge in [-0.3, -0.25) is 0 Å². The number of thiocarbonyl (C=S) groups is 1. The Balaban J connectivity index is 1.82. The summed E-state index contributed by atoms with van der Waals surface area (Å²) in [5.74, 6) is 1.63. The standard InChI is InChI=1S/C19H21ClN2O2S/c1-19(2)11-16(13-10-12(23-3)8-9-17(13)24-19)22-18(25)21-15-7-5-4-6-14(15)20/h4-10,16H,11H2,1-3H3,(H2,21,22,25)/t16-/m0/s1. The zero-order chi connectivity index (χ0) is 18.0. The molecule has 4 nitrogen and oxygen atoms in total. The lowest BCUT2D eigenvalue weighted by Crippen LogP contribution is -2.42. The summed E-state index contributed by atoms with van der Waals surface area (Å²) >= 11 is 11.7. The van der Waals surface area contributed by atoms with E-state index in [2.05, 4.69) is 24.5 Å². The van der Waals surface area contributed by atoms with E-state index in [1.165, 1.54) is 0 Å². The number of hydrogen-bond donors (Lipinski definition) is 2. The van der Waals surface area contributed by atoms with Crippen molar-refractivity contribution in [1.29, 1.82) is 0 Å². The first-order valence-electron chi connectivity index (χ1n) is 8.07. The van der Waals surface area contributed by atoms with E-state index in [1.807, 2.05) is 42.5 Å². The second-order valence-electron chi connectivity index (χ2n) is 6.60. The molecule has 0 unspecified atom stereocenters. The van der Waals surface area contributed by atoms with Gasteiger partial charge in [0.2, 0.25) is 0 Å². The highest BCUT2D eigenvalue weighted by molar-refractivity contribution is 7.80.